The van der Waals surface area contributed by atoms with Crippen LogP contribution in [0.5, 0.6) is 11.5 Å². The van der Waals surface area contributed by atoms with Crippen LogP contribution in [0.1, 0.15) is 22.5 Å². The van der Waals surface area contributed by atoms with E-state index in [1.807, 2.05) is 30.3 Å². The highest BCUT2D eigenvalue weighted by molar-refractivity contribution is 5.75. The zero-order valence-electron chi connectivity index (χ0n) is 17.2. The van der Waals surface area contributed by atoms with Crippen molar-refractivity contribution < 1.29 is 9.47 Å². The average molecular weight is 386 g/mol. The molecule has 0 N–H and O–H groups in total. The van der Waals surface area contributed by atoms with Gasteiger partial charge < -0.3 is 14.0 Å². The molecule has 148 valence electrons. The number of imidazole rings is 1. The Morgan fingerprint density at radius 1 is 0.828 bits per heavy atom. The molecular weight excluding hydrogens is 360 g/mol. The summed E-state index contributed by atoms with van der Waals surface area (Å²) in [7, 11) is 0. The lowest BCUT2D eigenvalue weighted by molar-refractivity contribution is 0.271. The fraction of sp³-hybridized carbons (Fsp3) is 0.240. The van der Waals surface area contributed by atoms with Crippen molar-refractivity contribution in [2.75, 3.05) is 6.61 Å². The van der Waals surface area contributed by atoms with Crippen molar-refractivity contribution in [1.82, 2.24) is 9.55 Å². The van der Waals surface area contributed by atoms with Crippen LogP contribution in [0.3, 0.4) is 0 Å². The highest BCUT2D eigenvalue weighted by atomic mass is 16.5. The highest BCUT2D eigenvalue weighted by Crippen LogP contribution is 2.22. The number of fused-ring (bicyclic) bond motifs is 1. The number of hydrogen-bond acceptors (Lipinski definition) is 3. The first-order valence-electron chi connectivity index (χ1n) is 9.94. The fourth-order valence-electron chi connectivity index (χ4n) is 3.38. The smallest absolute Gasteiger partial charge is 0.148 e. The molecule has 0 aliphatic heterocycles. The molecule has 1 aromatic heterocycles. The molecule has 0 aliphatic rings. The first-order valence-corrected chi connectivity index (χ1v) is 9.94. The van der Waals surface area contributed by atoms with Gasteiger partial charge in [-0.15, -0.1) is 0 Å². The highest BCUT2D eigenvalue weighted by Gasteiger charge is 2.12. The third-order valence-corrected chi connectivity index (χ3v) is 5.04. The minimum atomic E-state index is 0.420. The summed E-state index contributed by atoms with van der Waals surface area (Å²) in [6, 6.07) is 22.6. The van der Waals surface area contributed by atoms with Crippen LogP contribution in [0.4, 0.5) is 0 Å². The Balaban J connectivity index is 1.52. The summed E-state index contributed by atoms with van der Waals surface area (Å²) < 4.78 is 14.3. The van der Waals surface area contributed by atoms with Gasteiger partial charge in [0, 0.05) is 0 Å². The van der Waals surface area contributed by atoms with Gasteiger partial charge in [0.2, 0.25) is 0 Å². The molecule has 4 heteroatoms. The maximum atomic E-state index is 6.13. The molecule has 3 aromatic carbocycles. The average Bonchev–Trinajstić information content (AvgIpc) is 3.08. The summed E-state index contributed by atoms with van der Waals surface area (Å²) in [5.74, 6) is 2.69. The summed E-state index contributed by atoms with van der Waals surface area (Å²) in [6.07, 6.45) is 0. The second kappa shape index (κ2) is 8.39. The van der Waals surface area contributed by atoms with E-state index < -0.39 is 0 Å². The molecule has 1 heterocycles. The van der Waals surface area contributed by atoms with E-state index in [1.54, 1.807) is 0 Å². The van der Waals surface area contributed by atoms with E-state index in [1.165, 1.54) is 11.1 Å². The van der Waals surface area contributed by atoms with Gasteiger partial charge in [-0.3, -0.25) is 0 Å². The number of aromatic nitrogens is 2. The molecule has 0 saturated heterocycles. The zero-order valence-corrected chi connectivity index (χ0v) is 17.2. The SMILES string of the molecule is Cc1ccc(OCCn2c(COc3cc(C)ccc3C)nc3ccccc32)cc1. The van der Waals surface area contributed by atoms with Gasteiger partial charge >= 0.3 is 0 Å². The molecule has 4 rings (SSSR count). The summed E-state index contributed by atoms with van der Waals surface area (Å²) in [4.78, 5) is 4.80. The van der Waals surface area contributed by atoms with Crippen molar-refractivity contribution in [3.05, 3.63) is 89.2 Å². The van der Waals surface area contributed by atoms with Crippen molar-refractivity contribution in [1.29, 1.82) is 0 Å². The van der Waals surface area contributed by atoms with Crippen LogP contribution in [0.2, 0.25) is 0 Å². The molecule has 0 bridgehead atoms. The molecule has 4 nitrogen and oxygen atoms in total. The summed E-state index contributed by atoms with van der Waals surface area (Å²) >= 11 is 0. The number of hydrogen-bond donors (Lipinski definition) is 0. The number of benzene rings is 3. The van der Waals surface area contributed by atoms with E-state index in [0.29, 0.717) is 19.8 Å². The van der Waals surface area contributed by atoms with Crippen molar-refractivity contribution >= 4 is 11.0 Å². The summed E-state index contributed by atoms with van der Waals surface area (Å²) in [5, 5.41) is 0. The van der Waals surface area contributed by atoms with Gasteiger partial charge in [0.05, 0.1) is 17.6 Å². The number of aryl methyl sites for hydroxylation is 3. The molecule has 0 spiro atoms. The molecule has 4 aromatic rings. The van der Waals surface area contributed by atoms with Crippen LogP contribution in [0, 0.1) is 20.8 Å². The summed E-state index contributed by atoms with van der Waals surface area (Å²) in [5.41, 5.74) is 5.61. The van der Waals surface area contributed by atoms with Crippen molar-refractivity contribution in [3.63, 3.8) is 0 Å². The first-order chi connectivity index (χ1) is 14.1. The predicted octanol–water partition coefficient (Wildman–Crippen LogP) is 5.62. The third-order valence-electron chi connectivity index (χ3n) is 5.04. The lowest BCUT2D eigenvalue weighted by Gasteiger charge is -2.13. The Bertz CT molecular complexity index is 1110. The van der Waals surface area contributed by atoms with Crippen LogP contribution < -0.4 is 9.47 Å². The quantitative estimate of drug-likeness (QED) is 0.414. The minimum absolute atomic E-state index is 0.420. The van der Waals surface area contributed by atoms with Crippen LogP contribution >= 0.6 is 0 Å². The number of rotatable bonds is 7. The van der Waals surface area contributed by atoms with Crippen LogP contribution in [0.15, 0.2) is 66.7 Å². The van der Waals surface area contributed by atoms with Crippen molar-refractivity contribution in [3.8, 4) is 11.5 Å². The molecule has 0 fully saturated rings. The number of ether oxygens (including phenoxy) is 2. The maximum absolute atomic E-state index is 6.13. The lowest BCUT2D eigenvalue weighted by Crippen LogP contribution is -2.13. The van der Waals surface area contributed by atoms with Gasteiger partial charge in [-0.2, -0.15) is 0 Å². The number of nitrogens with zero attached hydrogens (tertiary/aromatic N) is 2. The van der Waals surface area contributed by atoms with Gasteiger partial charge in [-0.05, 0) is 62.2 Å². The van der Waals surface area contributed by atoms with Gasteiger partial charge in [-0.25, -0.2) is 4.98 Å². The standard InChI is InChI=1S/C25H26N2O2/c1-18-9-12-21(13-10-18)28-15-14-27-23-7-5-4-6-22(23)26-25(27)17-29-24-16-19(2)8-11-20(24)3/h4-13,16H,14-15,17H2,1-3H3. The molecule has 0 unspecified atom stereocenters. The summed E-state index contributed by atoms with van der Waals surface area (Å²) in [6.45, 7) is 7.91. The Labute approximate surface area is 171 Å². The second-order valence-corrected chi connectivity index (χ2v) is 7.39. The van der Waals surface area contributed by atoms with E-state index in [0.717, 1.165) is 33.9 Å². The van der Waals surface area contributed by atoms with E-state index in [9.17, 15) is 0 Å². The largest absolute Gasteiger partial charge is 0.492 e. The Kier molecular flexibility index (Phi) is 5.52. The topological polar surface area (TPSA) is 36.3 Å². The lowest BCUT2D eigenvalue weighted by atomic mass is 10.1. The third kappa shape index (κ3) is 4.43. The van der Waals surface area contributed by atoms with Gasteiger partial charge in [0.1, 0.15) is 30.5 Å². The van der Waals surface area contributed by atoms with E-state index in [-0.39, 0.29) is 0 Å². The Morgan fingerprint density at radius 3 is 2.41 bits per heavy atom. The van der Waals surface area contributed by atoms with Crippen LogP contribution in [-0.4, -0.2) is 16.2 Å². The molecule has 0 radical (unpaired) electrons. The second-order valence-electron chi connectivity index (χ2n) is 7.39. The molecule has 0 amide bonds. The maximum Gasteiger partial charge on any atom is 0.148 e. The van der Waals surface area contributed by atoms with E-state index in [4.69, 9.17) is 14.5 Å². The van der Waals surface area contributed by atoms with E-state index in [2.05, 4.69) is 61.7 Å². The van der Waals surface area contributed by atoms with Gasteiger partial charge in [-0.1, -0.05) is 42.0 Å². The van der Waals surface area contributed by atoms with Crippen molar-refractivity contribution in [2.24, 2.45) is 0 Å². The predicted molar refractivity (Wildman–Crippen MR) is 117 cm³/mol. The molecule has 0 aliphatic carbocycles. The fourth-order valence-corrected chi connectivity index (χ4v) is 3.38. The monoisotopic (exact) mass is 386 g/mol. The van der Waals surface area contributed by atoms with Crippen LogP contribution in [-0.2, 0) is 13.2 Å². The normalized spacial score (nSPS) is 11.0. The number of para-hydroxylation sites is 2. The molecule has 0 atom stereocenters. The van der Waals surface area contributed by atoms with Crippen LogP contribution in [0.25, 0.3) is 11.0 Å². The Hall–Kier alpha value is -3.27. The Morgan fingerprint density at radius 2 is 1.59 bits per heavy atom. The zero-order chi connectivity index (χ0) is 20.2. The van der Waals surface area contributed by atoms with Gasteiger partial charge in [0.25, 0.3) is 0 Å². The minimum Gasteiger partial charge on any atom is -0.492 e. The van der Waals surface area contributed by atoms with Gasteiger partial charge in [0.15, 0.2) is 0 Å². The molecular formula is C25H26N2O2. The van der Waals surface area contributed by atoms with Crippen molar-refractivity contribution in [2.45, 2.75) is 33.9 Å². The molecule has 29 heavy (non-hydrogen) atoms. The molecule has 0 saturated carbocycles. The van der Waals surface area contributed by atoms with E-state index >= 15 is 0 Å². The first kappa shape index (κ1) is 19.1.